The van der Waals surface area contributed by atoms with Crippen LogP contribution in [0, 0.1) is 29.4 Å². The van der Waals surface area contributed by atoms with Gasteiger partial charge in [-0.25, -0.2) is 27.0 Å². The van der Waals surface area contributed by atoms with Crippen LogP contribution < -0.4 is 10.0 Å². The van der Waals surface area contributed by atoms with Crippen molar-refractivity contribution in [3.63, 3.8) is 0 Å². The molecule has 1 fully saturated rings. The summed E-state index contributed by atoms with van der Waals surface area (Å²) < 4.78 is 137. The lowest BCUT2D eigenvalue weighted by Crippen LogP contribution is -2.43. The van der Waals surface area contributed by atoms with E-state index in [1.165, 1.54) is 41.8 Å². The lowest BCUT2D eigenvalue weighted by molar-refractivity contribution is -0.143. The van der Waals surface area contributed by atoms with E-state index in [9.17, 15) is 40.0 Å². The quantitative estimate of drug-likeness (QED) is 0.107. The number of nitrogens with zero attached hydrogens (tertiary/aromatic N) is 6. The van der Waals surface area contributed by atoms with Gasteiger partial charge < -0.3 is 10.1 Å². The number of halogens is 8. The molecular formula is C41H38ClF7N8O5S. The largest absolute Gasteiger partial charge is 0.447 e. The van der Waals surface area contributed by atoms with Gasteiger partial charge in [0, 0.05) is 35.7 Å². The van der Waals surface area contributed by atoms with Crippen molar-refractivity contribution in [1.29, 1.82) is 0 Å². The topological polar surface area (TPSA) is 153 Å². The molecule has 0 bridgehead atoms. The van der Waals surface area contributed by atoms with Crippen LogP contribution in [-0.4, -0.2) is 74.8 Å². The minimum Gasteiger partial charge on any atom is -0.447 e. The van der Waals surface area contributed by atoms with E-state index in [1.807, 2.05) is 0 Å². The number of cyclic esters (lactones) is 1. The van der Waals surface area contributed by atoms with Crippen LogP contribution in [0.4, 0.5) is 41.3 Å². The smallest absolute Gasteiger partial charge is 0.435 e. The van der Waals surface area contributed by atoms with Gasteiger partial charge in [-0.3, -0.25) is 23.8 Å². The molecule has 0 unspecified atom stereocenters. The van der Waals surface area contributed by atoms with Gasteiger partial charge in [0.15, 0.2) is 11.5 Å². The van der Waals surface area contributed by atoms with E-state index >= 15 is 8.78 Å². The fourth-order valence-electron chi connectivity index (χ4n) is 7.98. The number of ether oxygens (including phenoxy) is 1. The summed E-state index contributed by atoms with van der Waals surface area (Å²) in [5, 5.41) is 10.7. The zero-order chi connectivity index (χ0) is 46.1. The van der Waals surface area contributed by atoms with E-state index < -0.39 is 99.1 Å². The van der Waals surface area contributed by atoms with E-state index in [0.717, 1.165) is 25.3 Å². The molecule has 2 aromatic carbocycles. The zero-order valence-electron chi connectivity index (χ0n) is 34.3. The standard InChI is InChI=1S/C41H38ClF7N8O5S/c1-20-21(2)40(45,46)36-31(20)35(41(47,48)49)52-57(36)19-30(58)51-29(17-22-15-23(43)18-24(44)16-22)33-26(8-7-25(50-33)11-12-39(3,4)56-13-14-62-38(56)59)27-9-10-28(42)32-34(27)55(5)53-37(32)54-63(6,60)61/h7-10,15-16,18,20-21,29H,13-14,17,19H2,1-6H3,(H,51,58)(H,53,54)/t20-,21+,29-/m0/s1. The number of fused-ring (bicyclic) bond motifs is 2. The molecular weight excluding hydrogens is 885 g/mol. The Bertz CT molecular complexity index is 2850. The second-order valence-corrected chi connectivity index (χ2v) is 18.1. The molecule has 0 saturated carbocycles. The lowest BCUT2D eigenvalue weighted by Gasteiger charge is -2.27. The summed E-state index contributed by atoms with van der Waals surface area (Å²) in [6.07, 6.45) is -5.25. The highest BCUT2D eigenvalue weighted by atomic mass is 35.5. The molecule has 2 amide bonds. The molecule has 0 spiro atoms. The maximum Gasteiger partial charge on any atom is 0.435 e. The number of carbonyl (C=O) groups is 2. The number of alkyl halides is 5. The molecule has 22 heteroatoms. The first-order valence-electron chi connectivity index (χ1n) is 19.2. The fourth-order valence-corrected chi connectivity index (χ4v) is 8.72. The van der Waals surface area contributed by atoms with Crippen molar-refractivity contribution in [2.45, 2.75) is 70.3 Å². The highest BCUT2D eigenvalue weighted by Gasteiger charge is 2.57. The molecule has 2 N–H and O–H groups in total. The van der Waals surface area contributed by atoms with Crippen LogP contribution in [0.3, 0.4) is 0 Å². The van der Waals surface area contributed by atoms with Gasteiger partial charge >= 0.3 is 12.3 Å². The molecule has 4 heterocycles. The van der Waals surface area contributed by atoms with Crippen molar-refractivity contribution in [3.05, 3.63) is 93.0 Å². The summed E-state index contributed by atoms with van der Waals surface area (Å²) in [7, 11) is -2.38. The zero-order valence-corrected chi connectivity index (χ0v) is 35.8. The molecule has 3 atom stereocenters. The van der Waals surface area contributed by atoms with Crippen LogP contribution in [0.2, 0.25) is 5.02 Å². The summed E-state index contributed by atoms with van der Waals surface area (Å²) in [5.41, 5.74) is -3.70. The third-order valence-electron chi connectivity index (χ3n) is 11.0. The molecule has 1 aliphatic heterocycles. The number of sulfonamides is 1. The number of carbonyl (C=O) groups excluding carboxylic acids is 2. The Hall–Kier alpha value is -5.88. The highest BCUT2D eigenvalue weighted by molar-refractivity contribution is 7.92. The molecule has 1 aliphatic carbocycles. The van der Waals surface area contributed by atoms with E-state index in [-0.39, 0.29) is 57.4 Å². The minimum absolute atomic E-state index is 0.0225. The Balaban J connectivity index is 1.41. The molecule has 3 aromatic heterocycles. The molecule has 334 valence electrons. The minimum atomic E-state index is -5.14. The number of aryl methyl sites for hydroxylation is 1. The van der Waals surface area contributed by atoms with Crippen LogP contribution in [0.15, 0.2) is 42.5 Å². The van der Waals surface area contributed by atoms with Gasteiger partial charge in [-0.05, 0) is 68.0 Å². The second-order valence-electron chi connectivity index (χ2n) is 15.9. The normalized spacial score (nSPS) is 17.9. The van der Waals surface area contributed by atoms with E-state index in [2.05, 4.69) is 32.1 Å². The lowest BCUT2D eigenvalue weighted by atomic mass is 9.93. The van der Waals surface area contributed by atoms with Crippen LogP contribution in [0.5, 0.6) is 0 Å². The number of benzene rings is 2. The van der Waals surface area contributed by atoms with Crippen molar-refractivity contribution in [2.75, 3.05) is 24.1 Å². The van der Waals surface area contributed by atoms with Crippen LogP contribution in [-0.2, 0) is 51.7 Å². The Morgan fingerprint density at radius 3 is 2.35 bits per heavy atom. The summed E-state index contributed by atoms with van der Waals surface area (Å²) in [6, 6.07) is 7.15. The predicted octanol–water partition coefficient (Wildman–Crippen LogP) is 7.68. The fraction of sp³-hybridized carbons (Fsp3) is 0.390. The van der Waals surface area contributed by atoms with Crippen LogP contribution in [0.25, 0.3) is 22.0 Å². The first kappa shape index (κ1) is 45.2. The van der Waals surface area contributed by atoms with Crippen LogP contribution >= 0.6 is 11.6 Å². The number of pyridine rings is 1. The van der Waals surface area contributed by atoms with E-state index in [4.69, 9.17) is 21.3 Å². The number of amides is 2. The Morgan fingerprint density at radius 1 is 1.06 bits per heavy atom. The van der Waals surface area contributed by atoms with Crippen molar-refractivity contribution < 1.29 is 53.5 Å². The summed E-state index contributed by atoms with van der Waals surface area (Å²) >= 11 is 6.61. The Labute approximate surface area is 361 Å². The van der Waals surface area contributed by atoms with Crippen molar-refractivity contribution in [2.24, 2.45) is 13.0 Å². The average Bonchev–Trinajstić information content (AvgIpc) is 3.91. The van der Waals surface area contributed by atoms with Crippen molar-refractivity contribution in [1.82, 2.24) is 34.8 Å². The summed E-state index contributed by atoms with van der Waals surface area (Å²) in [6.45, 7) is 4.90. The maximum atomic E-state index is 15.7. The van der Waals surface area contributed by atoms with Gasteiger partial charge in [0.25, 0.3) is 5.92 Å². The number of hydrogen-bond donors (Lipinski definition) is 2. The molecule has 7 rings (SSSR count). The van der Waals surface area contributed by atoms with Crippen LogP contribution in [0.1, 0.15) is 73.6 Å². The molecule has 13 nitrogen and oxygen atoms in total. The molecule has 1 saturated heterocycles. The van der Waals surface area contributed by atoms with Gasteiger partial charge in [0.1, 0.15) is 41.7 Å². The predicted molar refractivity (Wildman–Crippen MR) is 216 cm³/mol. The third-order valence-corrected chi connectivity index (χ3v) is 11.9. The number of nitrogens with one attached hydrogen (secondary N) is 2. The number of anilines is 1. The number of aromatic nitrogens is 5. The maximum absolute atomic E-state index is 15.7. The van der Waals surface area contributed by atoms with Gasteiger partial charge in [-0.1, -0.05) is 37.4 Å². The third kappa shape index (κ3) is 8.74. The average molecular weight is 923 g/mol. The summed E-state index contributed by atoms with van der Waals surface area (Å²) in [4.78, 5) is 32.7. The number of hydrogen-bond acceptors (Lipinski definition) is 8. The second kappa shape index (κ2) is 16.0. The molecule has 63 heavy (non-hydrogen) atoms. The molecule has 2 aliphatic rings. The Kier molecular flexibility index (Phi) is 11.5. The van der Waals surface area contributed by atoms with E-state index in [0.29, 0.717) is 16.3 Å². The van der Waals surface area contributed by atoms with Gasteiger partial charge in [-0.2, -0.15) is 32.1 Å². The highest BCUT2D eigenvalue weighted by Crippen LogP contribution is 2.55. The monoisotopic (exact) mass is 922 g/mol. The number of rotatable bonds is 10. The molecule has 5 aromatic rings. The van der Waals surface area contributed by atoms with Crippen molar-refractivity contribution in [3.8, 4) is 23.0 Å². The summed E-state index contributed by atoms with van der Waals surface area (Å²) in [5.74, 6) is -3.96. The van der Waals surface area contributed by atoms with E-state index in [1.54, 1.807) is 19.9 Å². The van der Waals surface area contributed by atoms with Gasteiger partial charge in [0.05, 0.1) is 40.5 Å². The van der Waals surface area contributed by atoms with Gasteiger partial charge in [-0.15, -0.1) is 0 Å². The first-order chi connectivity index (χ1) is 29.3. The SMILES string of the molecule is C[C@@H]1c2c(C(F)(F)F)nn(CC(=O)N[C@@H](Cc3cc(F)cc(F)c3)c3nc(C#CC(C)(C)N4CCOC4=O)ccc3-c3ccc(Cl)c4c(NS(C)(=O)=O)nn(C)c34)c2C(F)(F)[C@@H]1C. The Morgan fingerprint density at radius 2 is 1.73 bits per heavy atom. The molecule has 0 radical (unpaired) electrons. The first-order valence-corrected chi connectivity index (χ1v) is 21.5. The van der Waals surface area contributed by atoms with Crippen molar-refractivity contribution >= 4 is 50.3 Å². The van der Waals surface area contributed by atoms with Gasteiger partial charge in [0.2, 0.25) is 15.9 Å².